The van der Waals surface area contributed by atoms with Gasteiger partial charge in [0.05, 0.1) is 24.4 Å². The molecule has 1 saturated heterocycles. The van der Waals surface area contributed by atoms with Crippen molar-refractivity contribution in [2.45, 2.75) is 12.3 Å². The van der Waals surface area contributed by atoms with Crippen molar-refractivity contribution in [1.82, 2.24) is 24.6 Å². The predicted molar refractivity (Wildman–Crippen MR) is 108 cm³/mol. The number of aromatic nitrogens is 4. The van der Waals surface area contributed by atoms with E-state index < -0.39 is 12.8 Å². The van der Waals surface area contributed by atoms with E-state index in [0.717, 1.165) is 5.69 Å². The Morgan fingerprint density at radius 2 is 1.97 bits per heavy atom. The van der Waals surface area contributed by atoms with E-state index in [9.17, 15) is 18.0 Å². The largest absolute Gasteiger partial charge is 0.491 e. The maximum absolute atomic E-state index is 12.8. The minimum Gasteiger partial charge on any atom is -0.491 e. The van der Waals surface area contributed by atoms with Gasteiger partial charge in [-0.1, -0.05) is 0 Å². The summed E-state index contributed by atoms with van der Waals surface area (Å²) in [5, 5.41) is 4.06. The number of benzene rings is 1. The second kappa shape index (κ2) is 9.86. The lowest BCUT2D eigenvalue weighted by Gasteiger charge is -2.32. The number of halogens is 3. The fraction of sp³-hybridized carbons (Fsp3) is 0.333. The molecule has 0 aliphatic carbocycles. The van der Waals surface area contributed by atoms with Crippen LogP contribution in [0.2, 0.25) is 0 Å². The number of hydrogen-bond acceptors (Lipinski definition) is 7. The number of amides is 1. The monoisotopic (exact) mass is 463 g/mol. The molecule has 0 saturated carbocycles. The Morgan fingerprint density at radius 3 is 2.64 bits per heavy atom. The molecule has 1 aliphatic heterocycles. The maximum atomic E-state index is 12.8. The Morgan fingerprint density at radius 1 is 1.15 bits per heavy atom. The zero-order valence-corrected chi connectivity index (χ0v) is 17.3. The van der Waals surface area contributed by atoms with Gasteiger partial charge in [-0.2, -0.15) is 18.3 Å². The molecule has 1 amide bonds. The number of rotatable bonds is 7. The summed E-state index contributed by atoms with van der Waals surface area (Å²) in [5.74, 6) is 0.145. The molecule has 1 fully saturated rings. The molecule has 174 valence electrons. The molecule has 0 bridgehead atoms. The standard InChI is InChI=1S/C21H20F3N5O4/c22-21(23,24)12-33-19-6-1-15(9-26-19)20(30)28-7-8-31-18(10-28)11-32-17-4-2-16(3-5-17)29-14-25-13-27-29/h1-6,9,13-14,18H,7-8,10-12H2. The Hall–Kier alpha value is -3.67. The third-order valence-electron chi connectivity index (χ3n) is 4.75. The van der Waals surface area contributed by atoms with Crippen molar-refractivity contribution in [3.8, 4) is 17.3 Å². The highest BCUT2D eigenvalue weighted by Gasteiger charge is 2.29. The predicted octanol–water partition coefficient (Wildman–Crippen LogP) is 2.52. The highest BCUT2D eigenvalue weighted by Crippen LogP contribution is 2.19. The molecule has 0 radical (unpaired) electrons. The minimum atomic E-state index is -4.46. The number of alkyl halides is 3. The van der Waals surface area contributed by atoms with Crippen molar-refractivity contribution >= 4 is 5.91 Å². The van der Waals surface area contributed by atoms with Gasteiger partial charge in [0.1, 0.15) is 31.1 Å². The Bertz CT molecular complexity index is 1040. The Labute approximate surface area is 186 Å². The molecular weight excluding hydrogens is 443 g/mol. The number of ether oxygens (including phenoxy) is 3. The fourth-order valence-corrected chi connectivity index (χ4v) is 3.16. The van der Waals surface area contributed by atoms with Crippen LogP contribution in [-0.4, -0.2) is 75.7 Å². The Kier molecular flexibility index (Phi) is 6.73. The van der Waals surface area contributed by atoms with Crippen molar-refractivity contribution in [2.75, 3.05) is 32.9 Å². The summed E-state index contributed by atoms with van der Waals surface area (Å²) in [6, 6.07) is 9.92. The van der Waals surface area contributed by atoms with Gasteiger partial charge in [-0.25, -0.2) is 14.6 Å². The van der Waals surface area contributed by atoms with Gasteiger partial charge in [0.15, 0.2) is 6.61 Å². The van der Waals surface area contributed by atoms with Gasteiger partial charge in [0, 0.05) is 18.8 Å². The van der Waals surface area contributed by atoms with E-state index in [-0.39, 0.29) is 30.1 Å². The van der Waals surface area contributed by atoms with Crippen LogP contribution in [0.15, 0.2) is 55.2 Å². The van der Waals surface area contributed by atoms with Crippen molar-refractivity contribution < 1.29 is 32.2 Å². The second-order valence-corrected chi connectivity index (χ2v) is 7.18. The molecule has 3 heterocycles. The molecule has 1 unspecified atom stereocenters. The first-order valence-corrected chi connectivity index (χ1v) is 10.0. The Balaban J connectivity index is 1.28. The molecule has 33 heavy (non-hydrogen) atoms. The van der Waals surface area contributed by atoms with Crippen LogP contribution in [0.1, 0.15) is 10.4 Å². The first-order valence-electron chi connectivity index (χ1n) is 10.0. The molecule has 1 atom stereocenters. The van der Waals surface area contributed by atoms with Gasteiger partial charge >= 0.3 is 6.18 Å². The lowest BCUT2D eigenvalue weighted by molar-refractivity contribution is -0.154. The second-order valence-electron chi connectivity index (χ2n) is 7.18. The number of pyridine rings is 1. The average molecular weight is 463 g/mol. The quantitative estimate of drug-likeness (QED) is 0.532. The van der Waals surface area contributed by atoms with Crippen LogP contribution in [0.5, 0.6) is 11.6 Å². The molecule has 4 rings (SSSR count). The molecular formula is C21H20F3N5O4. The van der Waals surface area contributed by atoms with Gasteiger partial charge in [-0.3, -0.25) is 4.79 Å². The lowest BCUT2D eigenvalue weighted by atomic mass is 10.2. The zero-order valence-electron chi connectivity index (χ0n) is 17.3. The number of morpholine rings is 1. The van der Waals surface area contributed by atoms with Gasteiger partial charge in [-0.05, 0) is 30.3 Å². The molecule has 0 spiro atoms. The van der Waals surface area contributed by atoms with Crippen LogP contribution in [-0.2, 0) is 4.74 Å². The SMILES string of the molecule is O=C(c1ccc(OCC(F)(F)F)nc1)N1CCOC(COc2ccc(-n3cncn3)cc2)C1. The molecule has 2 aromatic heterocycles. The highest BCUT2D eigenvalue weighted by atomic mass is 19.4. The van der Waals surface area contributed by atoms with Gasteiger partial charge < -0.3 is 19.1 Å². The molecule has 9 nitrogen and oxygen atoms in total. The van der Waals surface area contributed by atoms with E-state index in [2.05, 4.69) is 19.8 Å². The van der Waals surface area contributed by atoms with E-state index in [1.165, 1.54) is 24.7 Å². The smallest absolute Gasteiger partial charge is 0.422 e. The highest BCUT2D eigenvalue weighted by molar-refractivity contribution is 5.94. The van der Waals surface area contributed by atoms with Crippen molar-refractivity contribution in [3.05, 3.63) is 60.8 Å². The summed E-state index contributed by atoms with van der Waals surface area (Å²) in [6.07, 6.45) is -0.550. The number of nitrogens with zero attached hydrogens (tertiary/aromatic N) is 5. The molecule has 0 N–H and O–H groups in total. The zero-order chi connectivity index (χ0) is 23.3. The normalized spacial score (nSPS) is 16.5. The summed E-state index contributed by atoms with van der Waals surface area (Å²) in [5.41, 5.74) is 1.09. The van der Waals surface area contributed by atoms with E-state index in [1.54, 1.807) is 28.0 Å². The summed E-state index contributed by atoms with van der Waals surface area (Å²) in [6.45, 7) is -0.168. The van der Waals surface area contributed by atoms with Crippen LogP contribution < -0.4 is 9.47 Å². The van der Waals surface area contributed by atoms with Crippen molar-refractivity contribution in [2.24, 2.45) is 0 Å². The number of carbonyl (C=O) groups is 1. The third kappa shape index (κ3) is 6.19. The fourth-order valence-electron chi connectivity index (χ4n) is 3.16. The third-order valence-corrected chi connectivity index (χ3v) is 4.75. The van der Waals surface area contributed by atoms with Gasteiger partial charge in [-0.15, -0.1) is 0 Å². The van der Waals surface area contributed by atoms with Crippen LogP contribution in [0, 0.1) is 0 Å². The topological polar surface area (TPSA) is 91.6 Å². The summed E-state index contributed by atoms with van der Waals surface area (Å²) >= 11 is 0. The van der Waals surface area contributed by atoms with Crippen LogP contribution >= 0.6 is 0 Å². The van der Waals surface area contributed by atoms with Crippen LogP contribution in [0.4, 0.5) is 13.2 Å². The van der Waals surface area contributed by atoms with E-state index >= 15 is 0 Å². The number of hydrogen-bond donors (Lipinski definition) is 0. The van der Waals surface area contributed by atoms with Crippen molar-refractivity contribution in [1.29, 1.82) is 0 Å². The van der Waals surface area contributed by atoms with Crippen LogP contribution in [0.25, 0.3) is 5.69 Å². The minimum absolute atomic E-state index is 0.202. The average Bonchev–Trinajstić information content (AvgIpc) is 3.36. The summed E-state index contributed by atoms with van der Waals surface area (Å²) in [7, 11) is 0. The molecule has 1 aromatic carbocycles. The first kappa shape index (κ1) is 22.5. The van der Waals surface area contributed by atoms with E-state index in [0.29, 0.717) is 25.4 Å². The number of carbonyl (C=O) groups excluding carboxylic acids is 1. The summed E-state index contributed by atoms with van der Waals surface area (Å²) < 4.78 is 54.4. The van der Waals surface area contributed by atoms with Gasteiger partial charge in [0.2, 0.25) is 5.88 Å². The van der Waals surface area contributed by atoms with Gasteiger partial charge in [0.25, 0.3) is 5.91 Å². The molecule has 3 aromatic rings. The van der Waals surface area contributed by atoms with E-state index in [4.69, 9.17) is 9.47 Å². The molecule has 12 heteroatoms. The molecule has 1 aliphatic rings. The first-order chi connectivity index (χ1) is 15.9. The summed E-state index contributed by atoms with van der Waals surface area (Å²) in [4.78, 5) is 22.0. The lowest BCUT2D eigenvalue weighted by Crippen LogP contribution is -2.47. The maximum Gasteiger partial charge on any atom is 0.422 e. The van der Waals surface area contributed by atoms with Crippen molar-refractivity contribution in [3.63, 3.8) is 0 Å². The van der Waals surface area contributed by atoms with E-state index in [1.807, 2.05) is 12.1 Å². The van der Waals surface area contributed by atoms with Crippen LogP contribution in [0.3, 0.4) is 0 Å².